The number of ether oxygens (including phenoxy) is 2. The molecule has 2 heterocycles. The number of nitrogens with zero attached hydrogens (tertiary/aromatic N) is 2. The van der Waals surface area contributed by atoms with Gasteiger partial charge in [-0.05, 0) is 43.2 Å². The Hall–Kier alpha value is -2.11. The Morgan fingerprint density at radius 2 is 1.89 bits per heavy atom. The first kappa shape index (κ1) is 18.3. The molecular formula is C22H28N2O3. The van der Waals surface area contributed by atoms with Gasteiger partial charge < -0.3 is 14.6 Å². The molecule has 0 spiro atoms. The lowest BCUT2D eigenvalue weighted by atomic mass is 9.64. The van der Waals surface area contributed by atoms with Crippen molar-refractivity contribution < 1.29 is 14.6 Å². The summed E-state index contributed by atoms with van der Waals surface area (Å²) >= 11 is 0. The standard InChI is InChI=1S/C22H28N2O3/c1-26-19-9-10-20(27-2)16(12-19)13-24-14-17-6-5-7-18(15-24)22(17,25)21-8-3-4-11-23-21/h3-4,8-12,17-18,25H,5-7,13-15H2,1-2H3/t17-,18+,22?. The Kier molecular flexibility index (Phi) is 5.06. The van der Waals surface area contributed by atoms with Crippen LogP contribution in [0.5, 0.6) is 11.5 Å². The predicted molar refractivity (Wildman–Crippen MR) is 104 cm³/mol. The zero-order valence-corrected chi connectivity index (χ0v) is 16.1. The summed E-state index contributed by atoms with van der Waals surface area (Å²) in [5, 5.41) is 11.7. The third-order valence-corrected chi connectivity index (χ3v) is 6.26. The smallest absolute Gasteiger partial charge is 0.123 e. The van der Waals surface area contributed by atoms with Gasteiger partial charge in [0.15, 0.2) is 0 Å². The summed E-state index contributed by atoms with van der Waals surface area (Å²) in [6.07, 6.45) is 5.04. The van der Waals surface area contributed by atoms with Crippen LogP contribution in [0, 0.1) is 11.8 Å². The number of hydrogen-bond acceptors (Lipinski definition) is 5. The molecule has 2 fully saturated rings. The van der Waals surface area contributed by atoms with E-state index < -0.39 is 5.60 Å². The Bertz CT molecular complexity index is 766. The molecule has 5 nitrogen and oxygen atoms in total. The molecule has 0 radical (unpaired) electrons. The maximum atomic E-state index is 11.7. The van der Waals surface area contributed by atoms with Gasteiger partial charge in [0.05, 0.1) is 19.9 Å². The van der Waals surface area contributed by atoms with E-state index in [0.29, 0.717) is 0 Å². The fourth-order valence-electron chi connectivity index (χ4n) is 4.94. The van der Waals surface area contributed by atoms with Crippen LogP contribution in [0.4, 0.5) is 0 Å². The lowest BCUT2D eigenvalue weighted by molar-refractivity contribution is -0.151. The van der Waals surface area contributed by atoms with Crippen LogP contribution in [-0.2, 0) is 12.1 Å². The Balaban J connectivity index is 1.58. The molecule has 2 bridgehead atoms. The Morgan fingerprint density at radius 3 is 2.52 bits per heavy atom. The number of pyridine rings is 1. The van der Waals surface area contributed by atoms with E-state index in [0.717, 1.165) is 55.2 Å². The van der Waals surface area contributed by atoms with Crippen LogP contribution in [0.3, 0.4) is 0 Å². The first-order chi connectivity index (χ1) is 13.1. The Morgan fingerprint density at radius 1 is 1.11 bits per heavy atom. The van der Waals surface area contributed by atoms with Gasteiger partial charge in [0.1, 0.15) is 17.1 Å². The summed E-state index contributed by atoms with van der Waals surface area (Å²) in [6.45, 7) is 2.53. The molecule has 4 rings (SSSR count). The number of benzene rings is 1. The van der Waals surface area contributed by atoms with E-state index >= 15 is 0 Å². The predicted octanol–water partition coefficient (Wildman–Crippen LogP) is 3.22. The van der Waals surface area contributed by atoms with Crippen LogP contribution in [-0.4, -0.2) is 42.3 Å². The zero-order valence-electron chi connectivity index (χ0n) is 16.1. The molecule has 1 N–H and O–H groups in total. The van der Waals surface area contributed by atoms with Gasteiger partial charge in [-0.1, -0.05) is 12.5 Å². The molecule has 144 valence electrons. The molecule has 1 aliphatic heterocycles. The van der Waals surface area contributed by atoms with Gasteiger partial charge in [-0.25, -0.2) is 0 Å². The molecular weight excluding hydrogens is 340 g/mol. The van der Waals surface area contributed by atoms with E-state index in [2.05, 4.69) is 9.88 Å². The van der Waals surface area contributed by atoms with Crippen molar-refractivity contribution in [1.29, 1.82) is 0 Å². The molecule has 2 aromatic rings. The largest absolute Gasteiger partial charge is 0.497 e. The van der Waals surface area contributed by atoms with Crippen molar-refractivity contribution in [3.8, 4) is 11.5 Å². The van der Waals surface area contributed by atoms with Gasteiger partial charge in [-0.2, -0.15) is 0 Å². The summed E-state index contributed by atoms with van der Waals surface area (Å²) < 4.78 is 10.9. The highest BCUT2D eigenvalue weighted by atomic mass is 16.5. The lowest BCUT2D eigenvalue weighted by Crippen LogP contribution is -2.58. The minimum Gasteiger partial charge on any atom is -0.497 e. The number of hydrogen-bond donors (Lipinski definition) is 1. The van der Waals surface area contributed by atoms with Gasteiger partial charge in [-0.3, -0.25) is 9.88 Å². The van der Waals surface area contributed by atoms with E-state index in [4.69, 9.17) is 9.47 Å². The number of aliphatic hydroxyl groups is 1. The maximum absolute atomic E-state index is 11.7. The average molecular weight is 368 g/mol. The molecule has 1 unspecified atom stereocenters. The molecule has 1 aromatic heterocycles. The molecule has 1 aliphatic carbocycles. The molecule has 5 heteroatoms. The van der Waals surface area contributed by atoms with Crippen LogP contribution in [0.15, 0.2) is 42.6 Å². The van der Waals surface area contributed by atoms with E-state index in [-0.39, 0.29) is 11.8 Å². The van der Waals surface area contributed by atoms with Crippen molar-refractivity contribution in [2.45, 2.75) is 31.4 Å². The topological polar surface area (TPSA) is 54.8 Å². The van der Waals surface area contributed by atoms with Crippen molar-refractivity contribution in [1.82, 2.24) is 9.88 Å². The molecule has 2 aliphatic rings. The van der Waals surface area contributed by atoms with E-state index in [1.807, 2.05) is 36.4 Å². The number of aromatic nitrogens is 1. The number of methoxy groups -OCH3 is 2. The van der Waals surface area contributed by atoms with E-state index in [9.17, 15) is 5.11 Å². The fourth-order valence-corrected chi connectivity index (χ4v) is 4.94. The third kappa shape index (κ3) is 3.30. The van der Waals surface area contributed by atoms with Crippen LogP contribution < -0.4 is 9.47 Å². The first-order valence-corrected chi connectivity index (χ1v) is 9.72. The molecule has 1 saturated heterocycles. The minimum absolute atomic E-state index is 0.205. The van der Waals surface area contributed by atoms with Crippen molar-refractivity contribution in [3.05, 3.63) is 53.9 Å². The maximum Gasteiger partial charge on any atom is 0.123 e. The zero-order chi connectivity index (χ0) is 18.9. The van der Waals surface area contributed by atoms with Crippen molar-refractivity contribution in [2.75, 3.05) is 27.3 Å². The van der Waals surface area contributed by atoms with Gasteiger partial charge in [-0.15, -0.1) is 0 Å². The number of likely N-dealkylation sites (tertiary alicyclic amines) is 1. The van der Waals surface area contributed by atoms with Gasteiger partial charge >= 0.3 is 0 Å². The second-order valence-corrected chi connectivity index (χ2v) is 7.74. The summed E-state index contributed by atoms with van der Waals surface area (Å²) in [5.41, 5.74) is 1.14. The number of fused-ring (bicyclic) bond motifs is 2. The molecule has 3 atom stereocenters. The summed E-state index contributed by atoms with van der Waals surface area (Å²) in [7, 11) is 3.39. The van der Waals surface area contributed by atoms with Crippen molar-refractivity contribution >= 4 is 0 Å². The minimum atomic E-state index is -0.811. The second kappa shape index (κ2) is 7.49. The SMILES string of the molecule is COc1ccc(OC)c(CN2C[C@H]3CCC[C@@H](C2)C3(O)c2ccccn2)c1. The van der Waals surface area contributed by atoms with Crippen LogP contribution in [0.25, 0.3) is 0 Å². The highest BCUT2D eigenvalue weighted by Crippen LogP contribution is 2.48. The quantitative estimate of drug-likeness (QED) is 0.878. The van der Waals surface area contributed by atoms with Crippen LogP contribution >= 0.6 is 0 Å². The van der Waals surface area contributed by atoms with Crippen molar-refractivity contribution in [3.63, 3.8) is 0 Å². The Labute approximate surface area is 160 Å². The fraction of sp³-hybridized carbons (Fsp3) is 0.500. The summed E-state index contributed by atoms with van der Waals surface area (Å²) in [6, 6.07) is 11.8. The third-order valence-electron chi connectivity index (χ3n) is 6.26. The monoisotopic (exact) mass is 368 g/mol. The van der Waals surface area contributed by atoms with Crippen LogP contribution in [0.2, 0.25) is 0 Å². The molecule has 1 aromatic carbocycles. The van der Waals surface area contributed by atoms with Gasteiger partial charge in [0.2, 0.25) is 0 Å². The highest BCUT2D eigenvalue weighted by molar-refractivity contribution is 5.40. The van der Waals surface area contributed by atoms with Gasteiger partial charge in [0, 0.05) is 43.2 Å². The number of rotatable bonds is 5. The summed E-state index contributed by atoms with van der Waals surface area (Å²) in [5.74, 6) is 2.13. The average Bonchev–Trinajstić information content (AvgIpc) is 2.69. The molecule has 27 heavy (non-hydrogen) atoms. The molecule has 1 saturated carbocycles. The second-order valence-electron chi connectivity index (χ2n) is 7.74. The highest BCUT2D eigenvalue weighted by Gasteiger charge is 2.52. The summed E-state index contributed by atoms with van der Waals surface area (Å²) in [4.78, 5) is 6.96. The van der Waals surface area contributed by atoms with E-state index in [1.54, 1.807) is 20.4 Å². The van der Waals surface area contributed by atoms with Crippen LogP contribution in [0.1, 0.15) is 30.5 Å². The van der Waals surface area contributed by atoms with Gasteiger partial charge in [0.25, 0.3) is 0 Å². The lowest BCUT2D eigenvalue weighted by Gasteiger charge is -2.52. The number of piperidine rings is 1. The first-order valence-electron chi connectivity index (χ1n) is 9.72. The molecule has 0 amide bonds. The normalized spacial score (nSPS) is 28.0. The van der Waals surface area contributed by atoms with Crippen molar-refractivity contribution in [2.24, 2.45) is 11.8 Å². The van der Waals surface area contributed by atoms with E-state index in [1.165, 1.54) is 6.42 Å².